The van der Waals surface area contributed by atoms with Crippen LogP contribution in [0.25, 0.3) is 11.0 Å². The summed E-state index contributed by atoms with van der Waals surface area (Å²) in [5, 5.41) is 3.43. The van der Waals surface area contributed by atoms with Gasteiger partial charge in [-0.1, -0.05) is 0 Å². The van der Waals surface area contributed by atoms with Crippen molar-refractivity contribution in [1.29, 1.82) is 0 Å². The second kappa shape index (κ2) is 9.01. The molecule has 0 aliphatic rings. The van der Waals surface area contributed by atoms with Crippen LogP contribution in [0.5, 0.6) is 17.2 Å². The quantitative estimate of drug-likeness (QED) is 0.581. The van der Waals surface area contributed by atoms with Crippen molar-refractivity contribution in [1.82, 2.24) is 0 Å². The summed E-state index contributed by atoms with van der Waals surface area (Å²) >= 11 is 0. The van der Waals surface area contributed by atoms with Gasteiger partial charge in [0.2, 0.25) is 0 Å². The predicted molar refractivity (Wildman–Crippen MR) is 106 cm³/mol. The van der Waals surface area contributed by atoms with Crippen LogP contribution in [0.3, 0.4) is 0 Å². The molecule has 3 aromatic rings. The number of nitrogens with one attached hydrogen (secondary N) is 1. The van der Waals surface area contributed by atoms with Crippen LogP contribution < -0.4 is 19.5 Å². The number of rotatable bonds is 8. The number of carbonyl (C=O) groups excluding carboxylic acids is 2. The molecule has 1 N–H and O–H groups in total. The summed E-state index contributed by atoms with van der Waals surface area (Å²) in [5.74, 6) is 0.663. The molecule has 0 bridgehead atoms. The van der Waals surface area contributed by atoms with Crippen LogP contribution >= 0.6 is 0 Å². The third-order valence-electron chi connectivity index (χ3n) is 4.24. The molecule has 0 radical (unpaired) electrons. The van der Waals surface area contributed by atoms with Crippen LogP contribution in [0.4, 0.5) is 5.69 Å². The van der Waals surface area contributed by atoms with Crippen LogP contribution in [-0.4, -0.2) is 39.8 Å². The second-order valence-electron chi connectivity index (χ2n) is 6.07. The third-order valence-corrected chi connectivity index (χ3v) is 4.24. The summed E-state index contributed by atoms with van der Waals surface area (Å²) in [5.41, 5.74) is 1.73. The van der Waals surface area contributed by atoms with Gasteiger partial charge in [0.05, 0.1) is 39.7 Å². The van der Waals surface area contributed by atoms with Crippen molar-refractivity contribution in [2.75, 3.05) is 33.3 Å². The highest BCUT2D eigenvalue weighted by atomic mass is 16.5. The van der Waals surface area contributed by atoms with Crippen molar-refractivity contribution in [3.8, 4) is 17.2 Å². The van der Waals surface area contributed by atoms with Gasteiger partial charge in [0.15, 0.2) is 6.61 Å². The fourth-order valence-electron chi connectivity index (χ4n) is 2.77. The van der Waals surface area contributed by atoms with E-state index in [1.54, 1.807) is 37.4 Å². The molecular weight excluding hydrogens is 378 g/mol. The van der Waals surface area contributed by atoms with Gasteiger partial charge in [0.1, 0.15) is 22.8 Å². The van der Waals surface area contributed by atoms with Crippen molar-refractivity contribution in [2.45, 2.75) is 6.42 Å². The Morgan fingerprint density at radius 3 is 2.41 bits per heavy atom. The minimum absolute atomic E-state index is 0.0154. The van der Waals surface area contributed by atoms with E-state index in [-0.39, 0.29) is 6.42 Å². The van der Waals surface area contributed by atoms with E-state index in [9.17, 15) is 9.59 Å². The van der Waals surface area contributed by atoms with Crippen molar-refractivity contribution >= 4 is 28.5 Å². The molecule has 0 fully saturated rings. The van der Waals surface area contributed by atoms with Gasteiger partial charge in [-0.05, 0) is 24.3 Å². The molecule has 2 aromatic carbocycles. The van der Waals surface area contributed by atoms with Crippen molar-refractivity contribution < 1.29 is 33.0 Å². The second-order valence-corrected chi connectivity index (χ2v) is 6.07. The molecule has 0 unspecified atom stereocenters. The lowest BCUT2D eigenvalue weighted by molar-refractivity contribution is -0.146. The summed E-state index contributed by atoms with van der Waals surface area (Å²) in [6.07, 6.45) is 1.48. The van der Waals surface area contributed by atoms with E-state index in [4.69, 9.17) is 23.4 Å². The Labute approximate surface area is 167 Å². The number of anilines is 1. The molecule has 1 aromatic heterocycles. The highest BCUT2D eigenvalue weighted by Crippen LogP contribution is 2.29. The van der Waals surface area contributed by atoms with Gasteiger partial charge < -0.3 is 28.7 Å². The SMILES string of the molecule is COc1ccc(NC(=O)COC(=O)Cc2coc3cc(OC)ccc23)c(OC)c1. The largest absolute Gasteiger partial charge is 0.497 e. The number of fused-ring (bicyclic) bond motifs is 1. The number of carbonyl (C=O) groups is 2. The smallest absolute Gasteiger partial charge is 0.310 e. The standard InChI is InChI=1S/C21H21NO7/c1-25-14-4-6-16-13(11-28-18(16)9-14)8-21(24)29-12-20(23)22-17-7-5-15(26-2)10-19(17)27-3/h4-7,9-11H,8,12H2,1-3H3,(H,22,23). The van der Waals surface area contributed by atoms with Gasteiger partial charge in [-0.3, -0.25) is 9.59 Å². The molecule has 152 valence electrons. The molecule has 3 rings (SSSR count). The average Bonchev–Trinajstić information content (AvgIpc) is 3.14. The van der Waals surface area contributed by atoms with Gasteiger partial charge in [-0.2, -0.15) is 0 Å². The number of benzene rings is 2. The molecular formula is C21H21NO7. The normalized spacial score (nSPS) is 10.4. The van der Waals surface area contributed by atoms with Crippen LogP contribution in [0.15, 0.2) is 47.1 Å². The van der Waals surface area contributed by atoms with Crippen molar-refractivity contribution in [3.63, 3.8) is 0 Å². The molecule has 8 heteroatoms. The fraction of sp³-hybridized carbons (Fsp3) is 0.238. The number of furan rings is 1. The van der Waals surface area contributed by atoms with Crippen LogP contribution in [-0.2, 0) is 20.7 Å². The molecule has 0 aliphatic carbocycles. The van der Waals surface area contributed by atoms with Crippen LogP contribution in [0, 0.1) is 0 Å². The summed E-state index contributed by atoms with van der Waals surface area (Å²) < 4.78 is 26.0. The Morgan fingerprint density at radius 1 is 0.966 bits per heavy atom. The fourth-order valence-corrected chi connectivity index (χ4v) is 2.77. The lowest BCUT2D eigenvalue weighted by Crippen LogP contribution is -2.21. The Kier molecular flexibility index (Phi) is 6.23. The molecule has 1 heterocycles. The van der Waals surface area contributed by atoms with Crippen LogP contribution in [0.1, 0.15) is 5.56 Å². The molecule has 0 aliphatic heterocycles. The summed E-state index contributed by atoms with van der Waals surface area (Å²) in [4.78, 5) is 24.2. The van der Waals surface area contributed by atoms with E-state index in [0.29, 0.717) is 34.1 Å². The molecule has 0 saturated carbocycles. The van der Waals surface area contributed by atoms with E-state index < -0.39 is 18.5 Å². The Hall–Kier alpha value is -3.68. The van der Waals surface area contributed by atoms with Gasteiger partial charge in [0, 0.05) is 23.1 Å². The maximum absolute atomic E-state index is 12.1. The van der Waals surface area contributed by atoms with Crippen LogP contribution in [0.2, 0.25) is 0 Å². The Balaban J connectivity index is 1.56. The first-order valence-electron chi connectivity index (χ1n) is 8.75. The topological polar surface area (TPSA) is 96.2 Å². The maximum Gasteiger partial charge on any atom is 0.310 e. The van der Waals surface area contributed by atoms with E-state index in [1.165, 1.54) is 20.5 Å². The highest BCUT2D eigenvalue weighted by molar-refractivity contribution is 5.94. The number of methoxy groups -OCH3 is 3. The zero-order valence-electron chi connectivity index (χ0n) is 16.3. The monoisotopic (exact) mass is 399 g/mol. The van der Waals surface area contributed by atoms with Gasteiger partial charge in [0.25, 0.3) is 5.91 Å². The summed E-state index contributed by atoms with van der Waals surface area (Å²) in [7, 11) is 4.58. The first kappa shape index (κ1) is 20.1. The van der Waals surface area contributed by atoms with Gasteiger partial charge in [-0.15, -0.1) is 0 Å². The number of ether oxygens (including phenoxy) is 4. The average molecular weight is 399 g/mol. The third kappa shape index (κ3) is 4.78. The highest BCUT2D eigenvalue weighted by Gasteiger charge is 2.15. The molecule has 0 atom stereocenters. The number of hydrogen-bond donors (Lipinski definition) is 1. The summed E-state index contributed by atoms with van der Waals surface area (Å²) in [6, 6.07) is 10.3. The zero-order chi connectivity index (χ0) is 20.8. The maximum atomic E-state index is 12.1. The minimum atomic E-state index is -0.541. The van der Waals surface area contributed by atoms with E-state index in [1.807, 2.05) is 6.07 Å². The molecule has 29 heavy (non-hydrogen) atoms. The lowest BCUT2D eigenvalue weighted by atomic mass is 10.1. The summed E-state index contributed by atoms with van der Waals surface area (Å²) in [6.45, 7) is -0.419. The Bertz CT molecular complexity index is 1030. The minimum Gasteiger partial charge on any atom is -0.497 e. The molecule has 1 amide bonds. The molecule has 0 saturated heterocycles. The molecule has 8 nitrogen and oxygen atoms in total. The first-order valence-corrected chi connectivity index (χ1v) is 8.75. The van der Waals surface area contributed by atoms with Gasteiger partial charge >= 0.3 is 5.97 Å². The van der Waals surface area contributed by atoms with Gasteiger partial charge in [-0.25, -0.2) is 0 Å². The molecule has 0 spiro atoms. The zero-order valence-corrected chi connectivity index (χ0v) is 16.3. The van der Waals surface area contributed by atoms with Crippen molar-refractivity contribution in [2.24, 2.45) is 0 Å². The number of esters is 1. The predicted octanol–water partition coefficient (Wildman–Crippen LogP) is 3.18. The Morgan fingerprint density at radius 2 is 1.69 bits per heavy atom. The van der Waals surface area contributed by atoms with E-state index >= 15 is 0 Å². The van der Waals surface area contributed by atoms with Crippen molar-refractivity contribution in [3.05, 3.63) is 48.2 Å². The van der Waals surface area contributed by atoms with E-state index in [2.05, 4.69) is 5.32 Å². The number of hydrogen-bond acceptors (Lipinski definition) is 7. The number of amides is 1. The van der Waals surface area contributed by atoms with E-state index in [0.717, 1.165) is 5.39 Å². The lowest BCUT2D eigenvalue weighted by Gasteiger charge is -2.11. The first-order chi connectivity index (χ1) is 14.0.